The Morgan fingerprint density at radius 2 is 1.94 bits per heavy atom. The van der Waals surface area contributed by atoms with Crippen molar-refractivity contribution in [2.45, 2.75) is 25.9 Å². The number of hydrogen-bond donors (Lipinski definition) is 0. The van der Waals surface area contributed by atoms with E-state index in [2.05, 4.69) is 4.98 Å². The van der Waals surface area contributed by atoms with Crippen molar-refractivity contribution in [2.24, 2.45) is 0 Å². The second kappa shape index (κ2) is 8.37. The molecule has 1 aliphatic rings. The normalized spacial score (nSPS) is 15.0. The SMILES string of the molecule is COc1ccc(-c2csc3ncn(CC(=O)N4c5ccccc5C[C@@H]4C)c(=O)c23)cc1OC. The number of para-hydroxylation sites is 1. The number of amides is 1. The molecule has 7 nitrogen and oxygen atoms in total. The van der Waals surface area contributed by atoms with Crippen molar-refractivity contribution in [3.63, 3.8) is 0 Å². The quantitative estimate of drug-likeness (QED) is 0.447. The van der Waals surface area contributed by atoms with Gasteiger partial charge in [-0.05, 0) is 42.7 Å². The fourth-order valence-electron chi connectivity index (χ4n) is 4.46. The number of anilines is 1. The van der Waals surface area contributed by atoms with Gasteiger partial charge < -0.3 is 14.4 Å². The predicted octanol–water partition coefficient (Wildman–Crippen LogP) is 4.12. The molecule has 168 valence electrons. The van der Waals surface area contributed by atoms with Crippen LogP contribution in [0.5, 0.6) is 11.5 Å². The van der Waals surface area contributed by atoms with E-state index in [0.29, 0.717) is 21.7 Å². The summed E-state index contributed by atoms with van der Waals surface area (Å²) in [5.41, 5.74) is 3.41. The summed E-state index contributed by atoms with van der Waals surface area (Å²) in [6, 6.07) is 13.5. The Morgan fingerprint density at radius 3 is 2.73 bits per heavy atom. The van der Waals surface area contributed by atoms with Crippen molar-refractivity contribution in [1.29, 1.82) is 0 Å². The van der Waals surface area contributed by atoms with Crippen molar-refractivity contribution in [3.05, 3.63) is 70.1 Å². The van der Waals surface area contributed by atoms with Gasteiger partial charge in [0.1, 0.15) is 11.4 Å². The highest BCUT2D eigenvalue weighted by Crippen LogP contribution is 2.36. The van der Waals surface area contributed by atoms with Gasteiger partial charge in [0.05, 0.1) is 25.9 Å². The van der Waals surface area contributed by atoms with E-state index in [9.17, 15) is 9.59 Å². The smallest absolute Gasteiger partial charge is 0.263 e. The number of ether oxygens (including phenoxy) is 2. The van der Waals surface area contributed by atoms with Crippen LogP contribution in [0.3, 0.4) is 0 Å². The molecule has 0 fully saturated rings. The van der Waals surface area contributed by atoms with E-state index in [4.69, 9.17) is 9.47 Å². The third kappa shape index (κ3) is 3.56. The molecule has 33 heavy (non-hydrogen) atoms. The van der Waals surface area contributed by atoms with Crippen molar-refractivity contribution >= 4 is 33.1 Å². The third-order valence-corrected chi connectivity index (χ3v) is 6.92. The van der Waals surface area contributed by atoms with E-state index >= 15 is 0 Å². The summed E-state index contributed by atoms with van der Waals surface area (Å²) >= 11 is 1.40. The topological polar surface area (TPSA) is 73.7 Å². The van der Waals surface area contributed by atoms with Crippen LogP contribution in [0.4, 0.5) is 5.69 Å². The van der Waals surface area contributed by atoms with Gasteiger partial charge in [-0.15, -0.1) is 11.3 Å². The highest BCUT2D eigenvalue weighted by atomic mass is 32.1. The first kappa shape index (κ1) is 21.2. The molecule has 0 radical (unpaired) electrons. The molecule has 3 heterocycles. The number of nitrogens with zero attached hydrogens (tertiary/aromatic N) is 3. The van der Waals surface area contributed by atoms with Gasteiger partial charge in [0.15, 0.2) is 11.5 Å². The van der Waals surface area contributed by atoms with Crippen molar-refractivity contribution in [3.8, 4) is 22.6 Å². The minimum atomic E-state index is -0.237. The van der Waals surface area contributed by atoms with Gasteiger partial charge in [-0.3, -0.25) is 14.2 Å². The predicted molar refractivity (Wildman–Crippen MR) is 130 cm³/mol. The Balaban J connectivity index is 1.52. The number of fused-ring (bicyclic) bond motifs is 2. The molecular weight excluding hydrogens is 438 g/mol. The van der Waals surface area contributed by atoms with Crippen LogP contribution in [0.2, 0.25) is 0 Å². The van der Waals surface area contributed by atoms with Crippen LogP contribution >= 0.6 is 11.3 Å². The summed E-state index contributed by atoms with van der Waals surface area (Å²) < 4.78 is 12.1. The molecule has 1 atom stereocenters. The molecule has 0 saturated heterocycles. The lowest BCUT2D eigenvalue weighted by Gasteiger charge is -2.23. The van der Waals surface area contributed by atoms with Gasteiger partial charge in [-0.1, -0.05) is 24.3 Å². The molecule has 1 amide bonds. The van der Waals surface area contributed by atoms with Crippen molar-refractivity contribution < 1.29 is 14.3 Å². The molecule has 0 bridgehead atoms. The Labute approximate surface area is 194 Å². The van der Waals surface area contributed by atoms with Crippen molar-refractivity contribution in [1.82, 2.24) is 9.55 Å². The highest BCUT2D eigenvalue weighted by Gasteiger charge is 2.30. The molecule has 1 aliphatic heterocycles. The number of benzene rings is 2. The van der Waals surface area contributed by atoms with E-state index in [1.165, 1.54) is 22.2 Å². The Kier molecular flexibility index (Phi) is 5.38. The van der Waals surface area contributed by atoms with Crippen LogP contribution < -0.4 is 19.9 Å². The molecule has 0 N–H and O–H groups in total. The molecule has 5 rings (SSSR count). The van der Waals surface area contributed by atoms with E-state index in [1.54, 1.807) is 19.1 Å². The summed E-state index contributed by atoms with van der Waals surface area (Å²) in [6.07, 6.45) is 2.27. The summed E-state index contributed by atoms with van der Waals surface area (Å²) in [6.45, 7) is 1.96. The second-order valence-corrected chi connectivity index (χ2v) is 8.88. The second-order valence-electron chi connectivity index (χ2n) is 8.02. The first-order valence-corrected chi connectivity index (χ1v) is 11.5. The number of carbonyl (C=O) groups excluding carboxylic acids is 1. The number of aromatic nitrogens is 2. The monoisotopic (exact) mass is 461 g/mol. The lowest BCUT2D eigenvalue weighted by molar-refractivity contribution is -0.119. The van der Waals surface area contributed by atoms with Gasteiger partial charge >= 0.3 is 0 Å². The lowest BCUT2D eigenvalue weighted by atomic mass is 10.1. The zero-order valence-electron chi connectivity index (χ0n) is 18.6. The number of thiophene rings is 1. The maximum Gasteiger partial charge on any atom is 0.263 e. The molecular formula is C25H23N3O4S. The molecule has 8 heteroatoms. The van der Waals surface area contributed by atoms with Gasteiger partial charge in [0.25, 0.3) is 5.56 Å². The Bertz CT molecular complexity index is 1420. The van der Waals surface area contributed by atoms with Crippen LogP contribution in [0.25, 0.3) is 21.3 Å². The van der Waals surface area contributed by atoms with Gasteiger partial charge in [-0.25, -0.2) is 4.98 Å². The van der Waals surface area contributed by atoms with Crippen molar-refractivity contribution in [2.75, 3.05) is 19.1 Å². The van der Waals surface area contributed by atoms with Crippen LogP contribution in [0, 0.1) is 0 Å². The molecule has 0 aliphatic carbocycles. The maximum atomic E-state index is 13.4. The van der Waals surface area contributed by atoms with E-state index in [1.807, 2.05) is 54.8 Å². The molecule has 4 aromatic rings. The number of carbonyl (C=O) groups is 1. The van der Waals surface area contributed by atoms with Crippen LogP contribution in [0.15, 0.2) is 59.0 Å². The first-order valence-electron chi connectivity index (χ1n) is 10.6. The van der Waals surface area contributed by atoms with E-state index < -0.39 is 0 Å². The highest BCUT2D eigenvalue weighted by molar-refractivity contribution is 7.17. The minimum absolute atomic E-state index is 0.0470. The fraction of sp³-hybridized carbons (Fsp3) is 0.240. The van der Waals surface area contributed by atoms with E-state index in [0.717, 1.165) is 28.8 Å². The fourth-order valence-corrected chi connectivity index (χ4v) is 5.37. The number of methoxy groups -OCH3 is 2. The largest absolute Gasteiger partial charge is 0.493 e. The average molecular weight is 462 g/mol. The van der Waals surface area contributed by atoms with Crippen LogP contribution in [-0.4, -0.2) is 35.7 Å². The molecule has 0 unspecified atom stereocenters. The first-order chi connectivity index (χ1) is 16.0. The number of rotatable bonds is 5. The summed E-state index contributed by atoms with van der Waals surface area (Å²) in [4.78, 5) is 33.6. The minimum Gasteiger partial charge on any atom is -0.493 e. The molecule has 0 saturated carbocycles. The zero-order chi connectivity index (χ0) is 23.1. The van der Waals surface area contributed by atoms with E-state index in [-0.39, 0.29) is 24.1 Å². The average Bonchev–Trinajstić information content (AvgIpc) is 3.41. The van der Waals surface area contributed by atoms with Gasteiger partial charge in [-0.2, -0.15) is 0 Å². The Hall–Kier alpha value is -3.65. The molecule has 2 aromatic heterocycles. The summed E-state index contributed by atoms with van der Waals surface area (Å²) in [5, 5.41) is 2.41. The van der Waals surface area contributed by atoms with Crippen LogP contribution in [0.1, 0.15) is 12.5 Å². The molecule has 2 aromatic carbocycles. The standard InChI is InChI=1S/C25H23N3O4S/c1-15-10-17-6-4-5-7-19(17)28(15)22(29)12-27-14-26-24-23(25(27)30)18(13-33-24)16-8-9-20(31-2)21(11-16)32-3/h4-9,11,13-15H,10,12H2,1-3H3/t15-/m0/s1. The van der Waals surface area contributed by atoms with Gasteiger partial charge in [0.2, 0.25) is 5.91 Å². The number of hydrogen-bond acceptors (Lipinski definition) is 6. The lowest BCUT2D eigenvalue weighted by Crippen LogP contribution is -2.40. The Morgan fingerprint density at radius 1 is 1.15 bits per heavy atom. The van der Waals surface area contributed by atoms with Gasteiger partial charge in [0, 0.05) is 22.7 Å². The third-order valence-electron chi connectivity index (χ3n) is 6.04. The van der Waals surface area contributed by atoms with Crippen LogP contribution in [-0.2, 0) is 17.8 Å². The summed E-state index contributed by atoms with van der Waals surface area (Å²) in [7, 11) is 3.15. The zero-order valence-corrected chi connectivity index (χ0v) is 19.4. The maximum absolute atomic E-state index is 13.4. The summed E-state index contributed by atoms with van der Waals surface area (Å²) in [5.74, 6) is 1.07. The molecule has 0 spiro atoms.